The van der Waals surface area contributed by atoms with Crippen molar-refractivity contribution in [3.05, 3.63) is 33.7 Å². The maximum Gasteiger partial charge on any atom is 0.431 e. The molecule has 29 heavy (non-hydrogen) atoms. The smallest absolute Gasteiger partial charge is 0.381 e. The lowest BCUT2D eigenvalue weighted by atomic mass is 9.73. The van der Waals surface area contributed by atoms with Crippen LogP contribution in [0.3, 0.4) is 0 Å². The second kappa shape index (κ2) is 9.89. The summed E-state index contributed by atoms with van der Waals surface area (Å²) in [6.07, 6.45) is -1.31. The predicted molar refractivity (Wildman–Crippen MR) is 105 cm³/mol. The van der Waals surface area contributed by atoms with E-state index < -0.39 is 23.2 Å². The Bertz CT molecular complexity index is 745. The van der Waals surface area contributed by atoms with Crippen molar-refractivity contribution < 1.29 is 22.7 Å². The van der Waals surface area contributed by atoms with E-state index in [4.69, 9.17) is 4.74 Å². The highest BCUT2D eigenvalue weighted by molar-refractivity contribution is 5.93. The Morgan fingerprint density at radius 1 is 1.10 bits per heavy atom. The zero-order valence-corrected chi connectivity index (χ0v) is 17.5. The van der Waals surface area contributed by atoms with Gasteiger partial charge in [-0.15, -0.1) is 0 Å². The number of alkyl halides is 3. The molecule has 0 amide bonds. The summed E-state index contributed by atoms with van der Waals surface area (Å²) < 4.78 is 45.7. The topological polar surface area (TPSA) is 51.5 Å². The molecule has 3 rings (SSSR count). The Hall–Kier alpha value is -1.67. The number of hydrogen-bond donors (Lipinski definition) is 0. The summed E-state index contributed by atoms with van der Waals surface area (Å²) in [4.78, 5) is 26.1. The molecule has 1 aromatic rings. The molecule has 0 aromatic carbocycles. The van der Waals surface area contributed by atoms with Gasteiger partial charge in [0, 0.05) is 38.3 Å². The molecule has 3 heterocycles. The van der Waals surface area contributed by atoms with Crippen LogP contribution in [0.1, 0.15) is 62.5 Å². The lowest BCUT2D eigenvalue weighted by Crippen LogP contribution is -2.58. The van der Waals surface area contributed by atoms with Gasteiger partial charge in [0.25, 0.3) is 5.56 Å². The molecule has 1 aromatic heterocycles. The number of pyridine rings is 1. The molecule has 0 N–H and O–H groups in total. The van der Waals surface area contributed by atoms with Crippen molar-refractivity contribution in [1.82, 2.24) is 9.47 Å². The van der Waals surface area contributed by atoms with Gasteiger partial charge >= 0.3 is 6.18 Å². The Labute approximate surface area is 169 Å². The van der Waals surface area contributed by atoms with E-state index in [9.17, 15) is 22.8 Å². The fourth-order valence-corrected chi connectivity index (χ4v) is 4.10. The third-order valence-electron chi connectivity index (χ3n) is 5.62. The molecule has 0 bridgehead atoms. The Kier molecular flexibility index (Phi) is 8.05. The van der Waals surface area contributed by atoms with Crippen LogP contribution in [0.25, 0.3) is 0 Å². The molecule has 0 aliphatic carbocycles. The number of ketones is 1. The molecule has 2 fully saturated rings. The lowest BCUT2D eigenvalue weighted by Gasteiger charge is -2.52. The van der Waals surface area contributed by atoms with E-state index in [0.29, 0.717) is 22.8 Å². The van der Waals surface area contributed by atoms with Gasteiger partial charge < -0.3 is 14.2 Å². The molecule has 5 nitrogen and oxygen atoms in total. The highest BCUT2D eigenvalue weighted by Crippen LogP contribution is 2.39. The maximum absolute atomic E-state index is 13.2. The summed E-state index contributed by atoms with van der Waals surface area (Å²) in [5, 5.41) is 0. The first-order valence-electron chi connectivity index (χ1n) is 10.3. The number of aromatic nitrogens is 1. The van der Waals surface area contributed by atoms with Crippen LogP contribution < -0.4 is 5.56 Å². The van der Waals surface area contributed by atoms with Crippen LogP contribution in [-0.4, -0.2) is 48.1 Å². The fraction of sp³-hybridized carbons (Fsp3) is 0.714. The van der Waals surface area contributed by atoms with Gasteiger partial charge in [-0.2, -0.15) is 13.2 Å². The number of carbonyl (C=O) groups excluding carboxylic acids is 1. The Balaban J connectivity index is 0.00000145. The van der Waals surface area contributed by atoms with Crippen molar-refractivity contribution in [2.45, 2.75) is 59.2 Å². The van der Waals surface area contributed by atoms with Gasteiger partial charge in [0.15, 0.2) is 5.78 Å². The second-order valence-electron chi connectivity index (χ2n) is 7.67. The minimum absolute atomic E-state index is 0.0401. The van der Waals surface area contributed by atoms with Gasteiger partial charge in [-0.25, -0.2) is 0 Å². The highest BCUT2D eigenvalue weighted by Gasteiger charge is 2.43. The number of nitrogens with zero attached hydrogens (tertiary/aromatic N) is 2. The molecular formula is C21H31F3N2O3. The minimum Gasteiger partial charge on any atom is -0.381 e. The van der Waals surface area contributed by atoms with Crippen molar-refractivity contribution in [2.24, 2.45) is 5.41 Å². The van der Waals surface area contributed by atoms with Gasteiger partial charge in [-0.3, -0.25) is 9.59 Å². The van der Waals surface area contributed by atoms with Gasteiger partial charge in [0.2, 0.25) is 0 Å². The normalized spacial score (nSPS) is 18.7. The summed E-state index contributed by atoms with van der Waals surface area (Å²) in [7, 11) is 0. The first-order chi connectivity index (χ1) is 13.7. The van der Waals surface area contributed by atoms with E-state index in [1.165, 1.54) is 6.92 Å². The van der Waals surface area contributed by atoms with Crippen molar-refractivity contribution in [2.75, 3.05) is 32.8 Å². The van der Waals surface area contributed by atoms with E-state index in [1.807, 2.05) is 13.8 Å². The second-order valence-corrected chi connectivity index (χ2v) is 7.67. The molecule has 2 aliphatic rings. The maximum atomic E-state index is 13.2. The molecule has 0 radical (unpaired) electrons. The summed E-state index contributed by atoms with van der Waals surface area (Å²) in [6, 6.07) is 1.79. The van der Waals surface area contributed by atoms with Crippen LogP contribution in [0, 0.1) is 5.41 Å². The minimum atomic E-state index is -4.62. The highest BCUT2D eigenvalue weighted by atomic mass is 19.4. The van der Waals surface area contributed by atoms with Crippen molar-refractivity contribution >= 4 is 5.78 Å². The molecule has 0 unspecified atom stereocenters. The van der Waals surface area contributed by atoms with Crippen molar-refractivity contribution in [3.8, 4) is 0 Å². The number of unbranched alkanes of at least 4 members (excludes halogenated alkanes) is 1. The summed E-state index contributed by atoms with van der Waals surface area (Å²) >= 11 is 0. The van der Waals surface area contributed by atoms with Gasteiger partial charge in [-0.1, -0.05) is 13.8 Å². The number of likely N-dealkylation sites (tertiary alicyclic amines) is 1. The molecule has 0 saturated carbocycles. The van der Waals surface area contributed by atoms with Crippen LogP contribution in [0.4, 0.5) is 13.2 Å². The van der Waals surface area contributed by atoms with Crippen LogP contribution in [0.2, 0.25) is 0 Å². The van der Waals surface area contributed by atoms with Gasteiger partial charge in [-0.05, 0) is 51.3 Å². The summed E-state index contributed by atoms with van der Waals surface area (Å²) in [6.45, 7) is 9.61. The lowest BCUT2D eigenvalue weighted by molar-refractivity contribution is -0.144. The average Bonchev–Trinajstić information content (AvgIpc) is 2.65. The molecule has 1 spiro atoms. The molecule has 8 heteroatoms. The SMILES string of the molecule is CC.CC(=O)c1ccc(C(F)(F)F)n(CCCCN2CC3(CCOCC3)C2)c1=O. The van der Waals surface area contributed by atoms with E-state index in [2.05, 4.69) is 4.90 Å². The third-order valence-corrected chi connectivity index (χ3v) is 5.62. The molecule has 2 aliphatic heterocycles. The predicted octanol–water partition coefficient (Wildman–Crippen LogP) is 3.99. The van der Waals surface area contributed by atoms with E-state index in [0.717, 1.165) is 57.8 Å². The van der Waals surface area contributed by atoms with Crippen molar-refractivity contribution in [3.63, 3.8) is 0 Å². The third kappa shape index (κ3) is 5.69. The van der Waals surface area contributed by atoms with Gasteiger partial charge in [0.05, 0.1) is 5.56 Å². The number of hydrogen-bond acceptors (Lipinski definition) is 4. The van der Waals surface area contributed by atoms with Crippen LogP contribution in [-0.2, 0) is 17.5 Å². The van der Waals surface area contributed by atoms with E-state index in [1.54, 1.807) is 0 Å². The summed E-state index contributed by atoms with van der Waals surface area (Å²) in [5.41, 5.74) is -1.69. The van der Waals surface area contributed by atoms with E-state index >= 15 is 0 Å². The standard InChI is InChI=1S/C19H25F3N2O3.C2H6/c1-14(25)15-4-5-16(19(20,21)22)24(17(15)26)9-3-2-8-23-12-18(13-23)6-10-27-11-7-18;1-2/h4-5H,2-3,6-13H2,1H3;1-2H3. The van der Waals surface area contributed by atoms with E-state index in [-0.39, 0.29) is 12.1 Å². The number of rotatable bonds is 6. The van der Waals surface area contributed by atoms with Crippen LogP contribution >= 0.6 is 0 Å². The quantitative estimate of drug-likeness (QED) is 0.520. The molecule has 164 valence electrons. The number of Topliss-reactive ketones (excluding diaryl/α,β-unsaturated/α-hetero) is 1. The average molecular weight is 416 g/mol. The number of halogens is 3. The van der Waals surface area contributed by atoms with Crippen LogP contribution in [0.15, 0.2) is 16.9 Å². The van der Waals surface area contributed by atoms with Gasteiger partial charge in [0.1, 0.15) is 5.69 Å². The number of ether oxygens (including phenoxy) is 1. The summed E-state index contributed by atoms with van der Waals surface area (Å²) in [5.74, 6) is -0.523. The molecule has 0 atom stereocenters. The fourth-order valence-electron chi connectivity index (χ4n) is 4.10. The van der Waals surface area contributed by atoms with Crippen LogP contribution in [0.5, 0.6) is 0 Å². The first kappa shape index (κ1) is 23.6. The zero-order valence-electron chi connectivity index (χ0n) is 17.5. The zero-order chi connectivity index (χ0) is 21.7. The Morgan fingerprint density at radius 2 is 1.69 bits per heavy atom. The number of carbonyl (C=O) groups is 1. The first-order valence-corrected chi connectivity index (χ1v) is 10.3. The molecule has 2 saturated heterocycles. The van der Waals surface area contributed by atoms with Crippen molar-refractivity contribution in [1.29, 1.82) is 0 Å². The molecular weight excluding hydrogens is 385 g/mol. The largest absolute Gasteiger partial charge is 0.431 e. The Morgan fingerprint density at radius 3 is 2.24 bits per heavy atom. The monoisotopic (exact) mass is 416 g/mol.